The van der Waals surface area contributed by atoms with Crippen LogP contribution in [0.1, 0.15) is 30.7 Å². The molecule has 1 aromatic rings. The van der Waals surface area contributed by atoms with Crippen molar-refractivity contribution in [2.75, 3.05) is 52.5 Å². The molecule has 1 fully saturated rings. The average molecular weight is 368 g/mol. The fraction of sp³-hybridized carbons (Fsp3) is 0.778. The number of rotatable bonds is 9. The van der Waals surface area contributed by atoms with Crippen LogP contribution in [0.2, 0.25) is 0 Å². The van der Waals surface area contributed by atoms with Crippen molar-refractivity contribution in [1.29, 1.82) is 0 Å². The van der Waals surface area contributed by atoms with E-state index in [1.54, 1.807) is 0 Å². The number of hydrogen-bond donors (Lipinski definition) is 2. The molecule has 142 valence electrons. The number of thiazole rings is 1. The van der Waals surface area contributed by atoms with Crippen LogP contribution < -0.4 is 10.6 Å². The van der Waals surface area contributed by atoms with Crippen LogP contribution in [0.25, 0.3) is 0 Å². The molecule has 0 aliphatic carbocycles. The minimum Gasteiger partial charge on any atom is -0.379 e. The predicted molar refractivity (Wildman–Crippen MR) is 106 cm³/mol. The fourth-order valence-electron chi connectivity index (χ4n) is 2.79. The second kappa shape index (κ2) is 11.4. The maximum Gasteiger partial charge on any atom is 0.191 e. The molecule has 6 nitrogen and oxygen atoms in total. The number of morpholine rings is 1. The topological polar surface area (TPSA) is 61.8 Å². The van der Waals surface area contributed by atoms with Crippen molar-refractivity contribution in [3.05, 3.63) is 16.1 Å². The number of nitrogens with one attached hydrogen (secondary N) is 2. The highest BCUT2D eigenvalue weighted by Gasteiger charge is 2.13. The van der Waals surface area contributed by atoms with E-state index in [1.807, 2.05) is 17.5 Å². The molecular formula is C18H33N5OS. The van der Waals surface area contributed by atoms with Gasteiger partial charge in [-0.05, 0) is 19.3 Å². The van der Waals surface area contributed by atoms with E-state index in [0.717, 1.165) is 71.3 Å². The number of aromatic nitrogens is 1. The molecule has 0 spiro atoms. The highest BCUT2D eigenvalue weighted by molar-refractivity contribution is 7.11. The number of hydrogen-bond acceptors (Lipinski definition) is 5. The first-order valence-corrected chi connectivity index (χ1v) is 10.3. The zero-order chi connectivity index (χ0) is 17.9. The van der Waals surface area contributed by atoms with E-state index in [1.165, 1.54) is 9.88 Å². The summed E-state index contributed by atoms with van der Waals surface area (Å²) in [5, 5.41) is 7.96. The number of nitrogens with zero attached hydrogens (tertiary/aromatic N) is 3. The molecule has 25 heavy (non-hydrogen) atoms. The molecule has 1 aromatic heterocycles. The minimum atomic E-state index is 0.541. The van der Waals surface area contributed by atoms with Crippen LogP contribution >= 0.6 is 11.3 Å². The largest absolute Gasteiger partial charge is 0.379 e. The van der Waals surface area contributed by atoms with E-state index in [9.17, 15) is 0 Å². The van der Waals surface area contributed by atoms with Crippen molar-refractivity contribution in [3.8, 4) is 0 Å². The minimum absolute atomic E-state index is 0.541. The summed E-state index contributed by atoms with van der Waals surface area (Å²) in [7, 11) is 0. The van der Waals surface area contributed by atoms with Gasteiger partial charge in [-0.3, -0.25) is 9.89 Å². The number of aliphatic imine (C=N–C) groups is 1. The maximum atomic E-state index is 5.41. The van der Waals surface area contributed by atoms with Crippen molar-refractivity contribution in [1.82, 2.24) is 20.5 Å². The molecule has 0 bridgehead atoms. The van der Waals surface area contributed by atoms with Gasteiger partial charge in [0.25, 0.3) is 0 Å². The van der Waals surface area contributed by atoms with E-state index in [-0.39, 0.29) is 0 Å². The van der Waals surface area contributed by atoms with Crippen LogP contribution in [0.15, 0.2) is 11.2 Å². The first-order chi connectivity index (χ1) is 12.2. The van der Waals surface area contributed by atoms with Crippen LogP contribution in [0.5, 0.6) is 0 Å². The Morgan fingerprint density at radius 1 is 1.36 bits per heavy atom. The van der Waals surface area contributed by atoms with E-state index >= 15 is 0 Å². The van der Waals surface area contributed by atoms with Gasteiger partial charge in [-0.25, -0.2) is 4.98 Å². The van der Waals surface area contributed by atoms with Crippen molar-refractivity contribution < 1.29 is 4.74 Å². The Morgan fingerprint density at radius 2 is 2.16 bits per heavy atom. The normalized spacial score (nSPS) is 17.5. The fourth-order valence-corrected chi connectivity index (χ4v) is 3.65. The number of ether oxygens (including phenoxy) is 1. The van der Waals surface area contributed by atoms with Gasteiger partial charge >= 0.3 is 0 Å². The molecule has 1 aliphatic rings. The molecule has 2 heterocycles. The Bertz CT molecular complexity index is 513. The van der Waals surface area contributed by atoms with Crippen LogP contribution in [0.3, 0.4) is 0 Å². The predicted octanol–water partition coefficient (Wildman–Crippen LogP) is 1.77. The van der Waals surface area contributed by atoms with E-state index in [0.29, 0.717) is 5.92 Å². The molecule has 0 saturated carbocycles. The Hall–Kier alpha value is -1.18. The van der Waals surface area contributed by atoms with E-state index in [4.69, 9.17) is 9.73 Å². The summed E-state index contributed by atoms with van der Waals surface area (Å²) in [4.78, 5) is 13.0. The van der Waals surface area contributed by atoms with Gasteiger partial charge in [-0.1, -0.05) is 13.8 Å². The molecular weight excluding hydrogens is 334 g/mol. The Balaban J connectivity index is 1.72. The first-order valence-electron chi connectivity index (χ1n) is 9.47. The highest BCUT2D eigenvalue weighted by atomic mass is 32.1. The second-order valence-electron chi connectivity index (χ2n) is 6.49. The van der Waals surface area contributed by atoms with Crippen LogP contribution in [-0.2, 0) is 17.6 Å². The van der Waals surface area contributed by atoms with Gasteiger partial charge in [0.05, 0.1) is 18.2 Å². The molecule has 0 amide bonds. The first kappa shape index (κ1) is 20.1. The van der Waals surface area contributed by atoms with Gasteiger partial charge in [0.15, 0.2) is 5.96 Å². The van der Waals surface area contributed by atoms with Gasteiger partial charge in [-0.2, -0.15) is 0 Å². The molecule has 2 rings (SSSR count). The highest BCUT2D eigenvalue weighted by Crippen LogP contribution is 2.13. The summed E-state index contributed by atoms with van der Waals surface area (Å²) in [6.45, 7) is 14.0. The molecule has 1 saturated heterocycles. The smallest absolute Gasteiger partial charge is 0.191 e. The van der Waals surface area contributed by atoms with E-state index < -0.39 is 0 Å². The SMILES string of the molecule is CCNC(=NCC(C)CN1CCOCC1)NCCc1ncc(CC)s1. The molecule has 2 N–H and O–H groups in total. The third-order valence-electron chi connectivity index (χ3n) is 4.16. The summed E-state index contributed by atoms with van der Waals surface area (Å²) >= 11 is 1.81. The average Bonchev–Trinajstić information content (AvgIpc) is 3.08. The Morgan fingerprint density at radius 3 is 2.84 bits per heavy atom. The lowest BCUT2D eigenvalue weighted by Crippen LogP contribution is -2.40. The van der Waals surface area contributed by atoms with Crippen molar-refractivity contribution in [3.63, 3.8) is 0 Å². The number of guanidine groups is 1. The third-order valence-corrected chi connectivity index (χ3v) is 5.36. The summed E-state index contributed by atoms with van der Waals surface area (Å²) in [6.07, 6.45) is 4.00. The third kappa shape index (κ3) is 7.71. The maximum absolute atomic E-state index is 5.41. The molecule has 1 unspecified atom stereocenters. The lowest BCUT2D eigenvalue weighted by molar-refractivity contribution is 0.0323. The molecule has 7 heteroatoms. The van der Waals surface area contributed by atoms with Gasteiger partial charge in [0.1, 0.15) is 0 Å². The Kier molecular flexibility index (Phi) is 9.21. The summed E-state index contributed by atoms with van der Waals surface area (Å²) in [5.41, 5.74) is 0. The monoisotopic (exact) mass is 367 g/mol. The quantitative estimate of drug-likeness (QED) is 0.514. The number of aryl methyl sites for hydroxylation is 1. The molecule has 0 radical (unpaired) electrons. The second-order valence-corrected chi connectivity index (χ2v) is 7.69. The van der Waals surface area contributed by atoms with Crippen molar-refractivity contribution in [2.45, 2.75) is 33.6 Å². The lowest BCUT2D eigenvalue weighted by atomic mass is 10.1. The molecule has 1 aliphatic heterocycles. The Labute approximate surface area is 156 Å². The molecule has 1 atom stereocenters. The molecule has 0 aromatic carbocycles. The van der Waals surface area contributed by atoms with Crippen molar-refractivity contribution >= 4 is 17.3 Å². The summed E-state index contributed by atoms with van der Waals surface area (Å²) in [6, 6.07) is 0. The van der Waals surface area contributed by atoms with Gasteiger partial charge in [0, 0.05) is 56.8 Å². The van der Waals surface area contributed by atoms with Gasteiger partial charge in [-0.15, -0.1) is 11.3 Å². The zero-order valence-electron chi connectivity index (χ0n) is 15.9. The van der Waals surface area contributed by atoms with Gasteiger partial charge in [0.2, 0.25) is 0 Å². The van der Waals surface area contributed by atoms with Crippen LogP contribution in [0.4, 0.5) is 0 Å². The van der Waals surface area contributed by atoms with Gasteiger partial charge < -0.3 is 15.4 Å². The van der Waals surface area contributed by atoms with E-state index in [2.05, 4.69) is 41.3 Å². The van der Waals surface area contributed by atoms with Crippen molar-refractivity contribution in [2.24, 2.45) is 10.9 Å². The summed E-state index contributed by atoms with van der Waals surface area (Å²) in [5.74, 6) is 1.45. The zero-order valence-corrected chi connectivity index (χ0v) is 16.7. The summed E-state index contributed by atoms with van der Waals surface area (Å²) < 4.78 is 5.41. The lowest BCUT2D eigenvalue weighted by Gasteiger charge is -2.28. The van der Waals surface area contributed by atoms with Crippen LogP contribution in [-0.4, -0.2) is 68.3 Å². The van der Waals surface area contributed by atoms with Crippen LogP contribution in [0, 0.1) is 5.92 Å². The standard InChI is InChI=1S/C18H33N5OS/c1-4-16-13-21-17(25-16)6-7-20-18(19-5-2)22-12-15(3)14-23-8-10-24-11-9-23/h13,15H,4-12,14H2,1-3H3,(H2,19,20,22).